The molecule has 2 rings (SSSR count). The Morgan fingerprint density at radius 2 is 1.56 bits per heavy atom. The maximum absolute atomic E-state index is 12.2. The zero-order chi connectivity index (χ0) is 18.3. The van der Waals surface area contributed by atoms with Gasteiger partial charge in [0.1, 0.15) is 11.4 Å². The SMILES string of the molecule is CC(C)(C)NC(=O)c1cccc(C(=O)NCCCc2ccccc2)n1. The van der Waals surface area contributed by atoms with E-state index in [-0.39, 0.29) is 28.7 Å². The quantitative estimate of drug-likeness (QED) is 0.795. The molecule has 5 heteroatoms. The monoisotopic (exact) mass is 339 g/mol. The van der Waals surface area contributed by atoms with Crippen molar-refractivity contribution in [3.8, 4) is 0 Å². The average Bonchev–Trinajstić information content (AvgIpc) is 2.58. The number of carbonyl (C=O) groups is 2. The third kappa shape index (κ3) is 6.37. The number of benzene rings is 1. The molecule has 0 saturated heterocycles. The number of nitrogens with zero attached hydrogens (tertiary/aromatic N) is 1. The molecule has 0 aliphatic carbocycles. The van der Waals surface area contributed by atoms with Crippen molar-refractivity contribution < 1.29 is 9.59 Å². The average molecular weight is 339 g/mol. The molecule has 2 N–H and O–H groups in total. The molecule has 132 valence electrons. The minimum absolute atomic E-state index is 0.242. The highest BCUT2D eigenvalue weighted by atomic mass is 16.2. The lowest BCUT2D eigenvalue weighted by Crippen LogP contribution is -2.41. The van der Waals surface area contributed by atoms with Gasteiger partial charge in [0.2, 0.25) is 0 Å². The molecule has 1 heterocycles. The van der Waals surface area contributed by atoms with E-state index in [0.717, 1.165) is 12.8 Å². The molecule has 0 radical (unpaired) electrons. The fourth-order valence-electron chi connectivity index (χ4n) is 2.32. The number of rotatable bonds is 6. The zero-order valence-corrected chi connectivity index (χ0v) is 15.0. The molecule has 0 unspecified atom stereocenters. The predicted molar refractivity (Wildman–Crippen MR) is 98.6 cm³/mol. The van der Waals surface area contributed by atoms with Gasteiger partial charge in [-0.3, -0.25) is 9.59 Å². The molecule has 0 aliphatic heterocycles. The van der Waals surface area contributed by atoms with Crippen LogP contribution in [0.4, 0.5) is 0 Å². The Bertz CT molecular complexity index is 721. The molecule has 0 aliphatic rings. The van der Waals surface area contributed by atoms with Crippen LogP contribution in [0, 0.1) is 0 Å². The number of hydrogen-bond donors (Lipinski definition) is 2. The van der Waals surface area contributed by atoms with Gasteiger partial charge in [0.15, 0.2) is 0 Å². The minimum atomic E-state index is -0.353. The Hall–Kier alpha value is -2.69. The molecular weight excluding hydrogens is 314 g/mol. The van der Waals surface area contributed by atoms with Crippen LogP contribution in [-0.4, -0.2) is 28.9 Å². The first-order chi connectivity index (χ1) is 11.8. The first-order valence-corrected chi connectivity index (χ1v) is 8.47. The van der Waals surface area contributed by atoms with Crippen molar-refractivity contribution in [1.29, 1.82) is 0 Å². The van der Waals surface area contributed by atoms with Crippen molar-refractivity contribution in [3.63, 3.8) is 0 Å². The first kappa shape index (κ1) is 18.6. The third-order valence-electron chi connectivity index (χ3n) is 3.47. The van der Waals surface area contributed by atoms with Gasteiger partial charge in [-0.2, -0.15) is 0 Å². The van der Waals surface area contributed by atoms with E-state index in [1.807, 2.05) is 39.0 Å². The van der Waals surface area contributed by atoms with Gasteiger partial charge >= 0.3 is 0 Å². The summed E-state index contributed by atoms with van der Waals surface area (Å²) in [6.45, 7) is 6.25. The minimum Gasteiger partial charge on any atom is -0.351 e. The van der Waals surface area contributed by atoms with Gasteiger partial charge in [0, 0.05) is 12.1 Å². The highest BCUT2D eigenvalue weighted by molar-refractivity contribution is 5.96. The van der Waals surface area contributed by atoms with Crippen LogP contribution < -0.4 is 10.6 Å². The Kier molecular flexibility index (Phi) is 6.28. The number of amides is 2. The predicted octanol–water partition coefficient (Wildman–Crippen LogP) is 2.97. The summed E-state index contributed by atoms with van der Waals surface area (Å²) < 4.78 is 0. The van der Waals surface area contributed by atoms with Crippen molar-refractivity contribution in [2.45, 2.75) is 39.2 Å². The van der Waals surface area contributed by atoms with E-state index >= 15 is 0 Å². The van der Waals surface area contributed by atoms with Gasteiger partial charge in [0.05, 0.1) is 0 Å². The van der Waals surface area contributed by atoms with Crippen molar-refractivity contribution in [3.05, 3.63) is 65.5 Å². The van der Waals surface area contributed by atoms with E-state index in [1.165, 1.54) is 5.56 Å². The second-order valence-corrected chi connectivity index (χ2v) is 6.96. The molecule has 25 heavy (non-hydrogen) atoms. The largest absolute Gasteiger partial charge is 0.351 e. The lowest BCUT2D eigenvalue weighted by atomic mass is 10.1. The highest BCUT2D eigenvalue weighted by Crippen LogP contribution is 2.05. The van der Waals surface area contributed by atoms with Crippen LogP contribution in [0.15, 0.2) is 48.5 Å². The molecular formula is C20H25N3O2. The van der Waals surface area contributed by atoms with Crippen LogP contribution in [-0.2, 0) is 6.42 Å². The van der Waals surface area contributed by atoms with Crippen LogP contribution in [0.1, 0.15) is 53.7 Å². The van der Waals surface area contributed by atoms with E-state index in [9.17, 15) is 9.59 Å². The fraction of sp³-hybridized carbons (Fsp3) is 0.350. The summed E-state index contributed by atoms with van der Waals surface area (Å²) >= 11 is 0. The Morgan fingerprint density at radius 1 is 0.920 bits per heavy atom. The molecule has 2 aromatic rings. The molecule has 1 aromatic carbocycles. The Morgan fingerprint density at radius 3 is 2.20 bits per heavy atom. The smallest absolute Gasteiger partial charge is 0.270 e. The number of aromatic nitrogens is 1. The van der Waals surface area contributed by atoms with Gasteiger partial charge in [-0.25, -0.2) is 4.98 Å². The summed E-state index contributed by atoms with van der Waals surface area (Å²) in [6.07, 6.45) is 1.75. The third-order valence-corrected chi connectivity index (χ3v) is 3.47. The molecule has 0 fully saturated rings. The summed E-state index contributed by atoms with van der Waals surface area (Å²) in [7, 11) is 0. The second kappa shape index (κ2) is 8.42. The van der Waals surface area contributed by atoms with Gasteiger partial charge in [-0.15, -0.1) is 0 Å². The normalized spacial score (nSPS) is 11.0. The van der Waals surface area contributed by atoms with Gasteiger partial charge < -0.3 is 10.6 Å². The van der Waals surface area contributed by atoms with Crippen LogP contribution in [0.3, 0.4) is 0 Å². The summed E-state index contributed by atoms with van der Waals surface area (Å²) in [6, 6.07) is 15.0. The maximum atomic E-state index is 12.2. The number of pyridine rings is 1. The Labute approximate surface area is 148 Å². The Balaban J connectivity index is 1.87. The lowest BCUT2D eigenvalue weighted by Gasteiger charge is -2.20. The number of hydrogen-bond acceptors (Lipinski definition) is 3. The van der Waals surface area contributed by atoms with Gasteiger partial charge in [0.25, 0.3) is 11.8 Å². The van der Waals surface area contributed by atoms with E-state index in [1.54, 1.807) is 18.2 Å². The van der Waals surface area contributed by atoms with Crippen LogP contribution in [0.5, 0.6) is 0 Å². The highest BCUT2D eigenvalue weighted by Gasteiger charge is 2.17. The van der Waals surface area contributed by atoms with Crippen LogP contribution in [0.2, 0.25) is 0 Å². The lowest BCUT2D eigenvalue weighted by molar-refractivity contribution is 0.0914. The number of carbonyl (C=O) groups excluding carboxylic acids is 2. The van der Waals surface area contributed by atoms with Crippen molar-refractivity contribution >= 4 is 11.8 Å². The molecule has 0 atom stereocenters. The van der Waals surface area contributed by atoms with E-state index in [0.29, 0.717) is 6.54 Å². The van der Waals surface area contributed by atoms with Crippen LogP contribution in [0.25, 0.3) is 0 Å². The molecule has 5 nitrogen and oxygen atoms in total. The van der Waals surface area contributed by atoms with Gasteiger partial charge in [-0.05, 0) is 51.3 Å². The zero-order valence-electron chi connectivity index (χ0n) is 15.0. The van der Waals surface area contributed by atoms with Gasteiger partial charge in [-0.1, -0.05) is 36.4 Å². The van der Waals surface area contributed by atoms with Crippen LogP contribution >= 0.6 is 0 Å². The van der Waals surface area contributed by atoms with E-state index in [2.05, 4.69) is 27.8 Å². The second-order valence-electron chi connectivity index (χ2n) is 6.96. The summed E-state index contributed by atoms with van der Waals surface area (Å²) in [5.74, 6) is -0.551. The summed E-state index contributed by atoms with van der Waals surface area (Å²) in [4.78, 5) is 28.5. The number of nitrogens with one attached hydrogen (secondary N) is 2. The van der Waals surface area contributed by atoms with E-state index in [4.69, 9.17) is 0 Å². The summed E-state index contributed by atoms with van der Waals surface area (Å²) in [5, 5.41) is 5.69. The molecule has 0 bridgehead atoms. The topological polar surface area (TPSA) is 71.1 Å². The number of aryl methyl sites for hydroxylation is 1. The fourth-order valence-corrected chi connectivity index (χ4v) is 2.32. The summed E-state index contributed by atoms with van der Waals surface area (Å²) in [5.41, 5.74) is 1.39. The standard InChI is InChI=1S/C20H25N3O2/c1-20(2,3)23-19(25)17-13-7-12-16(22-17)18(24)21-14-8-11-15-9-5-4-6-10-15/h4-7,9-10,12-13H,8,11,14H2,1-3H3,(H,21,24)(H,23,25). The molecule has 2 amide bonds. The first-order valence-electron chi connectivity index (χ1n) is 8.47. The van der Waals surface area contributed by atoms with Crippen molar-refractivity contribution in [1.82, 2.24) is 15.6 Å². The van der Waals surface area contributed by atoms with E-state index < -0.39 is 0 Å². The van der Waals surface area contributed by atoms with Crippen molar-refractivity contribution in [2.24, 2.45) is 0 Å². The van der Waals surface area contributed by atoms with Crippen molar-refractivity contribution in [2.75, 3.05) is 6.54 Å². The maximum Gasteiger partial charge on any atom is 0.270 e. The molecule has 0 spiro atoms. The molecule has 0 saturated carbocycles. The molecule has 1 aromatic heterocycles.